The first-order chi connectivity index (χ1) is 12.4. The molecule has 1 fully saturated rings. The van der Waals surface area contributed by atoms with Crippen LogP contribution >= 0.6 is 0 Å². The van der Waals surface area contributed by atoms with Gasteiger partial charge in [-0.1, -0.05) is 31.4 Å². The Morgan fingerprint density at radius 2 is 2.04 bits per heavy atom. The van der Waals surface area contributed by atoms with Crippen molar-refractivity contribution in [3.05, 3.63) is 40.4 Å². The number of carbonyl (C=O) groups excluding carboxylic acids is 2. The van der Waals surface area contributed by atoms with Gasteiger partial charge in [-0.3, -0.25) is 19.5 Å². The third-order valence-electron chi connectivity index (χ3n) is 4.97. The van der Waals surface area contributed by atoms with Crippen molar-refractivity contribution in [1.82, 2.24) is 20.2 Å². The van der Waals surface area contributed by atoms with Gasteiger partial charge in [-0.05, 0) is 37.8 Å². The smallest absolute Gasteiger partial charge is 0.321 e. The number of hydrogen-bond acceptors (Lipinski definition) is 4. The zero-order chi connectivity index (χ0) is 18.7. The third-order valence-corrected chi connectivity index (χ3v) is 4.97. The van der Waals surface area contributed by atoms with Crippen molar-refractivity contribution in [2.45, 2.75) is 52.1 Å². The van der Waals surface area contributed by atoms with Gasteiger partial charge < -0.3 is 5.32 Å². The summed E-state index contributed by atoms with van der Waals surface area (Å²) in [6.07, 6.45) is 5.60. The van der Waals surface area contributed by atoms with Gasteiger partial charge >= 0.3 is 6.03 Å². The second-order valence-corrected chi connectivity index (χ2v) is 7.09. The van der Waals surface area contributed by atoms with Crippen molar-refractivity contribution in [3.8, 4) is 0 Å². The molecule has 2 aromatic rings. The van der Waals surface area contributed by atoms with Crippen LogP contribution in [0.15, 0.2) is 29.3 Å². The van der Waals surface area contributed by atoms with Gasteiger partial charge in [0.25, 0.3) is 5.56 Å². The van der Waals surface area contributed by atoms with Gasteiger partial charge in [-0.25, -0.2) is 9.78 Å². The standard InChI is InChI=1S/C19H24N4O3/c1-12-7-8-16-14(9-12)18(25)23(11-20-16)10-17(24)22-19(26)21-15-6-4-3-5-13(15)2/h7-9,11,13,15H,3-6,10H2,1-2H3,(H2,21,22,24,26)/t13-,15-/m1/s1. The number of imide groups is 1. The fourth-order valence-corrected chi connectivity index (χ4v) is 3.44. The number of nitrogens with one attached hydrogen (secondary N) is 2. The van der Waals surface area contributed by atoms with Crippen LogP contribution in [0.4, 0.5) is 4.79 Å². The van der Waals surface area contributed by atoms with Gasteiger partial charge in [0, 0.05) is 6.04 Å². The van der Waals surface area contributed by atoms with Crippen molar-refractivity contribution in [2.75, 3.05) is 0 Å². The average molecular weight is 356 g/mol. The maximum Gasteiger partial charge on any atom is 0.321 e. The molecular weight excluding hydrogens is 332 g/mol. The Labute approximate surface area is 151 Å². The van der Waals surface area contributed by atoms with Crippen LogP contribution in [0.2, 0.25) is 0 Å². The molecule has 7 nitrogen and oxygen atoms in total. The lowest BCUT2D eigenvalue weighted by Crippen LogP contribution is -2.48. The van der Waals surface area contributed by atoms with E-state index < -0.39 is 11.9 Å². The summed E-state index contributed by atoms with van der Waals surface area (Å²) < 4.78 is 1.22. The number of nitrogens with zero attached hydrogens (tertiary/aromatic N) is 2. The quantitative estimate of drug-likeness (QED) is 0.881. The predicted octanol–water partition coefficient (Wildman–Crippen LogP) is 2.11. The molecule has 2 atom stereocenters. The van der Waals surface area contributed by atoms with Crippen LogP contribution in [0.1, 0.15) is 38.2 Å². The number of aromatic nitrogens is 2. The molecule has 1 aliphatic carbocycles. The molecular formula is C19H24N4O3. The summed E-state index contributed by atoms with van der Waals surface area (Å²) in [7, 11) is 0. The van der Waals surface area contributed by atoms with E-state index in [1.54, 1.807) is 12.1 Å². The average Bonchev–Trinajstić information content (AvgIpc) is 2.60. The van der Waals surface area contributed by atoms with Gasteiger partial charge in [0.1, 0.15) is 6.54 Å². The fourth-order valence-electron chi connectivity index (χ4n) is 3.44. The number of urea groups is 1. The molecule has 1 saturated carbocycles. The Hall–Kier alpha value is -2.70. The van der Waals surface area contributed by atoms with Crippen molar-refractivity contribution in [1.29, 1.82) is 0 Å². The monoisotopic (exact) mass is 356 g/mol. The Kier molecular flexibility index (Phi) is 5.35. The number of fused-ring (bicyclic) bond motifs is 1. The molecule has 0 unspecified atom stereocenters. The lowest BCUT2D eigenvalue weighted by molar-refractivity contribution is -0.120. The summed E-state index contributed by atoms with van der Waals surface area (Å²) >= 11 is 0. The van der Waals surface area contributed by atoms with Gasteiger partial charge in [-0.15, -0.1) is 0 Å². The third kappa shape index (κ3) is 4.09. The zero-order valence-corrected chi connectivity index (χ0v) is 15.1. The first-order valence-corrected chi connectivity index (χ1v) is 9.00. The van der Waals surface area contributed by atoms with Crippen molar-refractivity contribution in [2.24, 2.45) is 5.92 Å². The Bertz CT molecular complexity index is 890. The highest BCUT2D eigenvalue weighted by atomic mass is 16.2. The summed E-state index contributed by atoms with van der Waals surface area (Å²) in [5.74, 6) is -0.137. The first-order valence-electron chi connectivity index (χ1n) is 9.00. The summed E-state index contributed by atoms with van der Waals surface area (Å²) in [4.78, 5) is 40.9. The Balaban J connectivity index is 1.64. The molecule has 0 radical (unpaired) electrons. The van der Waals surface area contributed by atoms with E-state index in [0.29, 0.717) is 16.8 Å². The molecule has 26 heavy (non-hydrogen) atoms. The molecule has 138 valence electrons. The van der Waals surface area contributed by atoms with Crippen LogP contribution < -0.4 is 16.2 Å². The van der Waals surface area contributed by atoms with Crippen LogP contribution in [-0.2, 0) is 11.3 Å². The van der Waals surface area contributed by atoms with Gasteiger partial charge in [0.2, 0.25) is 5.91 Å². The number of benzene rings is 1. The molecule has 2 N–H and O–H groups in total. The van der Waals surface area contributed by atoms with E-state index in [9.17, 15) is 14.4 Å². The second-order valence-electron chi connectivity index (χ2n) is 7.09. The highest BCUT2D eigenvalue weighted by molar-refractivity contribution is 5.94. The molecule has 7 heteroatoms. The van der Waals surface area contributed by atoms with Crippen LogP contribution in [0.3, 0.4) is 0 Å². The highest BCUT2D eigenvalue weighted by Gasteiger charge is 2.23. The van der Waals surface area contributed by atoms with Crippen LogP contribution in [0.5, 0.6) is 0 Å². The van der Waals surface area contributed by atoms with Gasteiger partial charge in [-0.2, -0.15) is 0 Å². The van der Waals surface area contributed by atoms with Crippen molar-refractivity contribution < 1.29 is 9.59 Å². The van der Waals surface area contributed by atoms with Crippen LogP contribution in [0, 0.1) is 12.8 Å². The number of carbonyl (C=O) groups is 2. The molecule has 1 aromatic carbocycles. The summed E-state index contributed by atoms with van der Waals surface area (Å²) in [6.45, 7) is 3.75. The number of aryl methyl sites for hydroxylation is 1. The topological polar surface area (TPSA) is 93.1 Å². The summed E-state index contributed by atoms with van der Waals surface area (Å²) in [6, 6.07) is 4.98. The SMILES string of the molecule is Cc1ccc2ncn(CC(=O)NC(=O)N[C@@H]3CCCC[C@H]3C)c(=O)c2c1. The van der Waals surface area contributed by atoms with E-state index in [1.165, 1.54) is 17.3 Å². The van der Waals surface area contributed by atoms with Crippen LogP contribution in [0.25, 0.3) is 10.9 Å². The van der Waals surface area contributed by atoms with E-state index >= 15 is 0 Å². The predicted molar refractivity (Wildman–Crippen MR) is 98.8 cm³/mol. The molecule has 3 amide bonds. The summed E-state index contributed by atoms with van der Waals surface area (Å²) in [5, 5.41) is 5.63. The van der Waals surface area contributed by atoms with E-state index in [0.717, 1.165) is 24.8 Å². The lowest BCUT2D eigenvalue weighted by Gasteiger charge is -2.29. The fraction of sp³-hybridized carbons (Fsp3) is 0.474. The number of rotatable bonds is 3. The normalized spacial score (nSPS) is 19.9. The first kappa shape index (κ1) is 18.1. The number of hydrogen-bond donors (Lipinski definition) is 2. The van der Waals surface area contributed by atoms with Crippen molar-refractivity contribution >= 4 is 22.8 Å². The molecule has 0 bridgehead atoms. The second kappa shape index (κ2) is 7.68. The maximum atomic E-state index is 12.5. The van der Waals surface area contributed by atoms with Gasteiger partial charge in [0.05, 0.1) is 17.2 Å². The van der Waals surface area contributed by atoms with Gasteiger partial charge in [0.15, 0.2) is 0 Å². The molecule has 0 spiro atoms. The lowest BCUT2D eigenvalue weighted by atomic mass is 9.86. The minimum absolute atomic E-state index is 0.0876. The molecule has 0 saturated heterocycles. The molecule has 1 aliphatic rings. The van der Waals surface area contributed by atoms with Crippen LogP contribution in [-0.4, -0.2) is 27.5 Å². The van der Waals surface area contributed by atoms with E-state index in [4.69, 9.17) is 0 Å². The van der Waals surface area contributed by atoms with E-state index in [2.05, 4.69) is 22.5 Å². The van der Waals surface area contributed by atoms with E-state index in [-0.39, 0.29) is 18.1 Å². The molecule has 1 aromatic heterocycles. The Morgan fingerprint density at radius 1 is 1.27 bits per heavy atom. The highest BCUT2D eigenvalue weighted by Crippen LogP contribution is 2.23. The Morgan fingerprint density at radius 3 is 2.81 bits per heavy atom. The van der Waals surface area contributed by atoms with E-state index in [1.807, 2.05) is 13.0 Å². The largest absolute Gasteiger partial charge is 0.335 e. The molecule has 3 rings (SSSR count). The summed E-state index contributed by atoms with van der Waals surface area (Å²) in [5.41, 5.74) is 1.23. The molecule has 1 heterocycles. The minimum atomic E-state index is -0.540. The number of amides is 3. The minimum Gasteiger partial charge on any atom is -0.335 e. The zero-order valence-electron chi connectivity index (χ0n) is 15.1. The van der Waals surface area contributed by atoms with Crippen molar-refractivity contribution in [3.63, 3.8) is 0 Å². The maximum absolute atomic E-state index is 12.5. The molecule has 0 aliphatic heterocycles.